The van der Waals surface area contributed by atoms with E-state index in [-0.39, 0.29) is 24.0 Å². The van der Waals surface area contributed by atoms with Gasteiger partial charge in [-0.2, -0.15) is 0 Å². The molecule has 0 saturated heterocycles. The first-order chi connectivity index (χ1) is 11.4. The van der Waals surface area contributed by atoms with Crippen molar-refractivity contribution in [2.45, 2.75) is 51.0 Å². The second-order valence-corrected chi connectivity index (χ2v) is 7.21. The molecule has 1 saturated carbocycles. The topological polar surface area (TPSA) is 38.3 Å². The summed E-state index contributed by atoms with van der Waals surface area (Å²) in [4.78, 5) is 12.1. The summed E-state index contributed by atoms with van der Waals surface area (Å²) in [6, 6.07) is -0.312. The van der Waals surface area contributed by atoms with E-state index in [0.29, 0.717) is 12.2 Å². The van der Waals surface area contributed by atoms with Gasteiger partial charge in [0, 0.05) is 12.3 Å². The Bertz CT molecular complexity index is 594. The second kappa shape index (κ2) is 6.69. The molecule has 0 aromatic carbocycles. The Morgan fingerprint density at radius 1 is 1.33 bits per heavy atom. The molecule has 132 valence electrons. The first-order valence-corrected chi connectivity index (χ1v) is 8.75. The number of hydrogen-bond acceptors (Lipinski definition) is 2. The van der Waals surface area contributed by atoms with Gasteiger partial charge < -0.3 is 10.1 Å². The van der Waals surface area contributed by atoms with Crippen LogP contribution in [0.1, 0.15) is 39.0 Å². The Labute approximate surface area is 141 Å². The fraction of sp³-hybridized carbons (Fsp3) is 0.632. The molecule has 5 heteroatoms. The summed E-state index contributed by atoms with van der Waals surface area (Å²) in [5, 5.41) is 2.67. The van der Waals surface area contributed by atoms with Gasteiger partial charge in [-0.3, -0.25) is 4.79 Å². The van der Waals surface area contributed by atoms with Crippen LogP contribution in [-0.2, 0) is 9.53 Å². The molecule has 1 amide bonds. The summed E-state index contributed by atoms with van der Waals surface area (Å²) in [7, 11) is 1.54. The van der Waals surface area contributed by atoms with Crippen molar-refractivity contribution >= 4 is 5.91 Å². The lowest BCUT2D eigenvalue weighted by molar-refractivity contribution is -0.122. The van der Waals surface area contributed by atoms with Crippen molar-refractivity contribution in [3.8, 4) is 0 Å². The average molecular weight is 337 g/mol. The SMILES string of the molecule is COC1=CC2NC(=O)C(C(F)(F)CCCCC3CC3C)=CC2C=C1. The number of alkyl halides is 2. The van der Waals surface area contributed by atoms with Crippen LogP contribution in [-0.4, -0.2) is 25.0 Å². The highest BCUT2D eigenvalue weighted by molar-refractivity contribution is 5.96. The Kier molecular flexibility index (Phi) is 4.79. The van der Waals surface area contributed by atoms with Gasteiger partial charge in [-0.1, -0.05) is 31.9 Å². The molecular formula is C19H25F2NO2. The number of amides is 1. The van der Waals surface area contributed by atoms with E-state index >= 15 is 0 Å². The Morgan fingerprint density at radius 2 is 2.08 bits per heavy atom. The molecule has 24 heavy (non-hydrogen) atoms. The van der Waals surface area contributed by atoms with Gasteiger partial charge in [0.05, 0.1) is 18.7 Å². The van der Waals surface area contributed by atoms with Crippen molar-refractivity contribution in [2.24, 2.45) is 17.8 Å². The van der Waals surface area contributed by atoms with Crippen LogP contribution >= 0.6 is 0 Å². The van der Waals surface area contributed by atoms with E-state index in [1.807, 2.05) is 0 Å². The molecule has 3 nitrogen and oxygen atoms in total. The highest BCUT2D eigenvalue weighted by Crippen LogP contribution is 2.42. The molecule has 0 bridgehead atoms. The van der Waals surface area contributed by atoms with Gasteiger partial charge in [0.1, 0.15) is 5.76 Å². The van der Waals surface area contributed by atoms with Crippen LogP contribution in [0.5, 0.6) is 0 Å². The van der Waals surface area contributed by atoms with E-state index < -0.39 is 11.8 Å². The number of unbranched alkanes of at least 4 members (excludes halogenated alkanes) is 1. The third kappa shape index (κ3) is 3.70. The average Bonchev–Trinajstić information content (AvgIpc) is 3.25. The number of hydrogen-bond donors (Lipinski definition) is 1. The molecule has 0 spiro atoms. The number of carbonyl (C=O) groups excluding carboxylic acids is 1. The van der Waals surface area contributed by atoms with Crippen molar-refractivity contribution in [1.82, 2.24) is 5.32 Å². The predicted molar refractivity (Wildman–Crippen MR) is 88.4 cm³/mol. The summed E-state index contributed by atoms with van der Waals surface area (Å²) in [5.41, 5.74) is -0.387. The monoisotopic (exact) mass is 337 g/mol. The maximum Gasteiger partial charge on any atom is 0.278 e. The van der Waals surface area contributed by atoms with E-state index in [9.17, 15) is 13.6 Å². The number of rotatable bonds is 7. The summed E-state index contributed by atoms with van der Waals surface area (Å²) >= 11 is 0. The number of fused-ring (bicyclic) bond motifs is 1. The normalized spacial score (nSPS) is 31.8. The lowest BCUT2D eigenvalue weighted by Gasteiger charge is -2.32. The summed E-state index contributed by atoms with van der Waals surface area (Å²) in [5.74, 6) is -1.85. The predicted octanol–water partition coefficient (Wildman–Crippen LogP) is 3.98. The van der Waals surface area contributed by atoms with E-state index in [4.69, 9.17) is 4.74 Å². The molecule has 0 aromatic rings. The molecule has 0 radical (unpaired) electrons. The number of halogens is 2. The van der Waals surface area contributed by atoms with E-state index in [1.165, 1.54) is 12.5 Å². The number of nitrogens with one attached hydrogen (secondary N) is 1. The van der Waals surface area contributed by atoms with Gasteiger partial charge in [0.15, 0.2) is 0 Å². The highest BCUT2D eigenvalue weighted by Gasteiger charge is 2.42. The van der Waals surface area contributed by atoms with Gasteiger partial charge in [-0.25, -0.2) is 8.78 Å². The van der Waals surface area contributed by atoms with Crippen LogP contribution in [0.4, 0.5) is 8.78 Å². The van der Waals surface area contributed by atoms with E-state index in [0.717, 1.165) is 24.7 Å². The second-order valence-electron chi connectivity index (χ2n) is 7.21. The standard InChI is InChI=1S/C19H25F2NO2/c1-12-9-13(12)5-3-4-8-19(20,21)16-10-14-6-7-15(24-2)11-17(14)22-18(16)23/h6-7,10-14,17H,3-5,8-9H2,1-2H3,(H,22,23). The molecule has 0 aromatic heterocycles. The number of carbonyl (C=O) groups is 1. The van der Waals surface area contributed by atoms with Crippen LogP contribution in [0.3, 0.4) is 0 Å². The van der Waals surface area contributed by atoms with Crippen molar-refractivity contribution in [3.05, 3.63) is 35.6 Å². The third-order valence-electron chi connectivity index (χ3n) is 5.36. The van der Waals surface area contributed by atoms with Crippen molar-refractivity contribution in [1.29, 1.82) is 0 Å². The smallest absolute Gasteiger partial charge is 0.278 e. The number of methoxy groups -OCH3 is 1. The van der Waals surface area contributed by atoms with Crippen LogP contribution in [0.15, 0.2) is 35.6 Å². The molecule has 4 unspecified atom stereocenters. The first kappa shape index (κ1) is 17.2. The third-order valence-corrected chi connectivity index (χ3v) is 5.36. The molecule has 3 rings (SSSR count). The van der Waals surface area contributed by atoms with Gasteiger partial charge >= 0.3 is 0 Å². The number of allylic oxidation sites excluding steroid dienone is 1. The quantitative estimate of drug-likeness (QED) is 0.714. The first-order valence-electron chi connectivity index (χ1n) is 8.75. The maximum absolute atomic E-state index is 14.5. The minimum absolute atomic E-state index is 0.241. The van der Waals surface area contributed by atoms with Crippen molar-refractivity contribution in [3.63, 3.8) is 0 Å². The van der Waals surface area contributed by atoms with E-state index in [1.54, 1.807) is 25.3 Å². The summed E-state index contributed by atoms with van der Waals surface area (Å²) < 4.78 is 34.1. The fourth-order valence-corrected chi connectivity index (χ4v) is 3.58. The van der Waals surface area contributed by atoms with Gasteiger partial charge in [-0.05, 0) is 36.8 Å². The minimum atomic E-state index is -3.07. The Hall–Kier alpha value is -1.65. The zero-order valence-corrected chi connectivity index (χ0v) is 14.2. The van der Waals surface area contributed by atoms with Gasteiger partial charge in [-0.15, -0.1) is 0 Å². The molecule has 4 atom stereocenters. The Balaban J connectivity index is 1.60. The molecule has 1 N–H and O–H groups in total. The maximum atomic E-state index is 14.5. The lowest BCUT2D eigenvalue weighted by Crippen LogP contribution is -2.47. The summed E-state index contributed by atoms with van der Waals surface area (Å²) in [6.45, 7) is 2.20. The molecule has 2 aliphatic carbocycles. The molecule has 1 fully saturated rings. The van der Waals surface area contributed by atoms with Crippen molar-refractivity contribution < 1.29 is 18.3 Å². The minimum Gasteiger partial charge on any atom is -0.497 e. The molecule has 1 aliphatic heterocycles. The summed E-state index contributed by atoms with van der Waals surface area (Å²) in [6.07, 6.45) is 10.0. The fourth-order valence-electron chi connectivity index (χ4n) is 3.58. The largest absolute Gasteiger partial charge is 0.497 e. The van der Waals surface area contributed by atoms with Crippen LogP contribution < -0.4 is 5.32 Å². The van der Waals surface area contributed by atoms with Crippen LogP contribution in [0, 0.1) is 17.8 Å². The molecular weight excluding hydrogens is 312 g/mol. The Morgan fingerprint density at radius 3 is 2.75 bits per heavy atom. The zero-order valence-electron chi connectivity index (χ0n) is 14.2. The number of ether oxygens (including phenoxy) is 1. The van der Waals surface area contributed by atoms with Crippen LogP contribution in [0.25, 0.3) is 0 Å². The molecule has 3 aliphatic rings. The highest BCUT2D eigenvalue weighted by atomic mass is 19.3. The van der Waals surface area contributed by atoms with Crippen LogP contribution in [0.2, 0.25) is 0 Å². The molecule has 1 heterocycles. The van der Waals surface area contributed by atoms with Gasteiger partial charge in [0.2, 0.25) is 0 Å². The van der Waals surface area contributed by atoms with E-state index in [2.05, 4.69) is 12.2 Å². The zero-order chi connectivity index (χ0) is 17.3. The van der Waals surface area contributed by atoms with Crippen molar-refractivity contribution in [2.75, 3.05) is 7.11 Å². The lowest BCUT2D eigenvalue weighted by atomic mass is 9.86. The van der Waals surface area contributed by atoms with Gasteiger partial charge in [0.25, 0.3) is 11.8 Å².